The molecule has 3 rings (SSSR count). The van der Waals surface area contributed by atoms with Gasteiger partial charge in [0.1, 0.15) is 5.75 Å². The highest BCUT2D eigenvalue weighted by Crippen LogP contribution is 2.32. The van der Waals surface area contributed by atoms with E-state index in [1.165, 1.54) is 6.21 Å². The number of rotatable bonds is 3. The second-order valence-electron chi connectivity index (χ2n) is 5.09. The van der Waals surface area contributed by atoms with Gasteiger partial charge in [0, 0.05) is 5.56 Å². The summed E-state index contributed by atoms with van der Waals surface area (Å²) in [7, 11) is 0. The zero-order valence-electron chi connectivity index (χ0n) is 12.3. The molecule has 0 bridgehead atoms. The normalized spacial score (nSPS) is 11.1. The molecule has 0 aromatic heterocycles. The third kappa shape index (κ3) is 3.66. The summed E-state index contributed by atoms with van der Waals surface area (Å²) in [5.74, 6) is -0.165. The van der Waals surface area contributed by atoms with Crippen LogP contribution in [0.25, 0.3) is 10.8 Å². The molecule has 0 aliphatic heterocycles. The number of phenolic OH excluding ortho intramolecular Hbond substituents is 1. The number of phenols is 1. The van der Waals surface area contributed by atoms with E-state index < -0.39 is 0 Å². The van der Waals surface area contributed by atoms with Crippen molar-refractivity contribution in [3.05, 3.63) is 74.7 Å². The molecule has 4 nitrogen and oxygen atoms in total. The molecule has 24 heavy (non-hydrogen) atoms. The van der Waals surface area contributed by atoms with Crippen LogP contribution in [0, 0.1) is 0 Å². The Hall–Kier alpha value is -2.18. The van der Waals surface area contributed by atoms with Crippen molar-refractivity contribution in [2.45, 2.75) is 0 Å². The molecule has 3 aromatic rings. The van der Waals surface area contributed by atoms with Gasteiger partial charge in [0.05, 0.1) is 15.2 Å². The van der Waals surface area contributed by atoms with Crippen molar-refractivity contribution in [3.63, 3.8) is 0 Å². The van der Waals surface area contributed by atoms with Gasteiger partial charge >= 0.3 is 0 Å². The summed E-state index contributed by atoms with van der Waals surface area (Å²) in [5, 5.41) is 15.7. The molecule has 0 saturated heterocycles. The summed E-state index contributed by atoms with van der Waals surface area (Å²) in [5.41, 5.74) is 3.77. The molecular weight excluding hydrogens is 436 g/mol. The number of nitrogens with one attached hydrogen (secondary N) is 1. The van der Waals surface area contributed by atoms with Crippen LogP contribution in [0.1, 0.15) is 15.9 Å². The van der Waals surface area contributed by atoms with E-state index in [9.17, 15) is 9.90 Å². The lowest BCUT2D eigenvalue weighted by Crippen LogP contribution is -2.17. The van der Waals surface area contributed by atoms with Gasteiger partial charge in [0.25, 0.3) is 5.91 Å². The van der Waals surface area contributed by atoms with Crippen molar-refractivity contribution in [2.24, 2.45) is 5.10 Å². The first-order valence-electron chi connectivity index (χ1n) is 7.05. The van der Waals surface area contributed by atoms with Gasteiger partial charge in [-0.3, -0.25) is 4.79 Å². The number of hydrogen-bond donors (Lipinski definition) is 2. The zero-order valence-corrected chi connectivity index (χ0v) is 15.5. The zero-order chi connectivity index (χ0) is 17.1. The fourth-order valence-corrected chi connectivity index (χ4v) is 3.44. The Bertz CT molecular complexity index is 932. The van der Waals surface area contributed by atoms with Crippen LogP contribution in [-0.4, -0.2) is 17.2 Å². The van der Waals surface area contributed by atoms with Crippen molar-refractivity contribution in [2.75, 3.05) is 0 Å². The highest BCUT2D eigenvalue weighted by molar-refractivity contribution is 9.11. The first-order chi connectivity index (χ1) is 11.5. The molecule has 120 valence electrons. The molecule has 1 amide bonds. The lowest BCUT2D eigenvalue weighted by Gasteiger charge is -2.03. The molecule has 0 heterocycles. The molecule has 0 spiro atoms. The smallest absolute Gasteiger partial charge is 0.271 e. The van der Waals surface area contributed by atoms with E-state index in [4.69, 9.17) is 0 Å². The topological polar surface area (TPSA) is 61.7 Å². The number of amides is 1. The molecule has 0 fully saturated rings. The van der Waals surface area contributed by atoms with E-state index in [1.807, 2.05) is 36.4 Å². The fourth-order valence-electron chi connectivity index (χ4n) is 2.22. The van der Waals surface area contributed by atoms with Crippen LogP contribution in [-0.2, 0) is 0 Å². The van der Waals surface area contributed by atoms with Crippen LogP contribution >= 0.6 is 31.9 Å². The minimum Gasteiger partial charge on any atom is -0.506 e. The Morgan fingerprint density at radius 1 is 1.00 bits per heavy atom. The quantitative estimate of drug-likeness (QED) is 0.446. The van der Waals surface area contributed by atoms with Gasteiger partial charge in [0.15, 0.2) is 0 Å². The molecule has 0 aliphatic carbocycles. The number of carbonyl (C=O) groups excluding carboxylic acids is 1. The highest BCUT2D eigenvalue weighted by atomic mass is 79.9. The third-order valence-electron chi connectivity index (χ3n) is 3.43. The van der Waals surface area contributed by atoms with Gasteiger partial charge in [-0.05, 0) is 72.5 Å². The van der Waals surface area contributed by atoms with Gasteiger partial charge in [-0.25, -0.2) is 5.43 Å². The van der Waals surface area contributed by atoms with Crippen LogP contribution in [0.4, 0.5) is 0 Å². The first kappa shape index (κ1) is 16.7. The maximum Gasteiger partial charge on any atom is 0.271 e. The number of hydrazone groups is 1. The molecule has 0 saturated carbocycles. The second-order valence-corrected chi connectivity index (χ2v) is 6.80. The van der Waals surface area contributed by atoms with Crippen molar-refractivity contribution in [3.8, 4) is 5.75 Å². The first-order valence-corrected chi connectivity index (χ1v) is 8.63. The highest BCUT2D eigenvalue weighted by Gasteiger charge is 2.06. The third-order valence-corrected chi connectivity index (χ3v) is 4.64. The summed E-state index contributed by atoms with van der Waals surface area (Å²) in [6, 6.07) is 16.7. The molecular formula is C18H12Br2N2O2. The van der Waals surface area contributed by atoms with Crippen LogP contribution in [0.2, 0.25) is 0 Å². The van der Waals surface area contributed by atoms with Gasteiger partial charge in [0.2, 0.25) is 0 Å². The number of halogens is 2. The molecule has 0 atom stereocenters. The van der Waals surface area contributed by atoms with Crippen LogP contribution < -0.4 is 5.43 Å². The number of benzene rings is 3. The molecule has 0 radical (unpaired) electrons. The summed E-state index contributed by atoms with van der Waals surface area (Å²) >= 11 is 6.50. The van der Waals surface area contributed by atoms with Crippen molar-refractivity contribution < 1.29 is 9.90 Å². The van der Waals surface area contributed by atoms with E-state index in [0.717, 1.165) is 16.3 Å². The number of hydrogen-bond acceptors (Lipinski definition) is 3. The predicted molar refractivity (Wildman–Crippen MR) is 103 cm³/mol. The molecule has 0 aliphatic rings. The van der Waals surface area contributed by atoms with E-state index in [1.54, 1.807) is 18.2 Å². The van der Waals surface area contributed by atoms with E-state index in [-0.39, 0.29) is 11.7 Å². The van der Waals surface area contributed by atoms with Crippen molar-refractivity contribution in [1.82, 2.24) is 5.43 Å². The van der Waals surface area contributed by atoms with Gasteiger partial charge < -0.3 is 5.11 Å². The maximum atomic E-state index is 12.2. The summed E-state index contributed by atoms with van der Waals surface area (Å²) in [6.45, 7) is 0. The average Bonchev–Trinajstić information content (AvgIpc) is 2.59. The Kier molecular flexibility index (Phi) is 4.97. The van der Waals surface area contributed by atoms with Crippen molar-refractivity contribution in [1.29, 1.82) is 0 Å². The molecule has 3 aromatic carbocycles. The monoisotopic (exact) mass is 446 g/mol. The Morgan fingerprint density at radius 2 is 1.67 bits per heavy atom. The molecule has 2 N–H and O–H groups in total. The Morgan fingerprint density at radius 3 is 2.38 bits per heavy atom. The van der Waals surface area contributed by atoms with Crippen LogP contribution in [0.5, 0.6) is 5.75 Å². The Labute approximate surface area is 155 Å². The van der Waals surface area contributed by atoms with Crippen LogP contribution in [0.3, 0.4) is 0 Å². The summed E-state index contributed by atoms with van der Waals surface area (Å²) < 4.78 is 1.08. The Balaban J connectivity index is 1.74. The molecule has 0 unspecified atom stereocenters. The minimum absolute atomic E-state index is 0.118. The SMILES string of the molecule is O=C(N/N=C/c1cc(Br)c(O)c(Br)c1)c1ccc2ccccc2c1. The predicted octanol–water partition coefficient (Wildman–Crippen LogP) is 4.83. The molecule has 6 heteroatoms. The number of fused-ring (bicyclic) bond motifs is 1. The van der Waals surface area contributed by atoms with Gasteiger partial charge in [-0.1, -0.05) is 30.3 Å². The van der Waals surface area contributed by atoms with E-state index >= 15 is 0 Å². The lowest BCUT2D eigenvalue weighted by molar-refractivity contribution is 0.0955. The summed E-state index contributed by atoms with van der Waals surface area (Å²) in [4.78, 5) is 12.2. The number of carbonyl (C=O) groups is 1. The standard InChI is InChI=1S/C18H12Br2N2O2/c19-15-7-11(8-16(20)17(15)23)10-21-22-18(24)14-6-5-12-3-1-2-4-13(12)9-14/h1-10,23H,(H,22,24)/b21-10+. The minimum atomic E-state index is -0.283. The average molecular weight is 448 g/mol. The lowest BCUT2D eigenvalue weighted by atomic mass is 10.1. The summed E-state index contributed by atoms with van der Waals surface area (Å²) in [6.07, 6.45) is 1.51. The number of nitrogens with zero attached hydrogens (tertiary/aromatic N) is 1. The van der Waals surface area contributed by atoms with Crippen LogP contribution in [0.15, 0.2) is 68.6 Å². The van der Waals surface area contributed by atoms with Gasteiger partial charge in [-0.15, -0.1) is 0 Å². The fraction of sp³-hybridized carbons (Fsp3) is 0. The van der Waals surface area contributed by atoms with Gasteiger partial charge in [-0.2, -0.15) is 5.10 Å². The van der Waals surface area contributed by atoms with E-state index in [2.05, 4.69) is 42.4 Å². The second kappa shape index (κ2) is 7.15. The number of aromatic hydroxyl groups is 1. The maximum absolute atomic E-state index is 12.2. The largest absolute Gasteiger partial charge is 0.506 e. The van der Waals surface area contributed by atoms with Crippen molar-refractivity contribution >= 4 is 54.8 Å². The van der Waals surface area contributed by atoms with E-state index in [0.29, 0.717) is 14.5 Å².